The topological polar surface area (TPSA) is 460 Å². The second-order valence-corrected chi connectivity index (χ2v) is 38.2. The van der Waals surface area contributed by atoms with Crippen LogP contribution in [0.5, 0.6) is 0 Å². The third-order valence-electron chi connectivity index (χ3n) is 24.9. The number of nitrogens with one attached hydrogen (secondary N) is 8. The zero-order valence-electron chi connectivity index (χ0n) is 89.3. The Labute approximate surface area is 856 Å². The zero-order valence-corrected chi connectivity index (χ0v) is 89.3. The van der Waals surface area contributed by atoms with E-state index in [-0.39, 0.29) is 101 Å². The Hall–Kier alpha value is -9.33. The minimum absolute atomic E-state index is 0.0169. The third-order valence-corrected chi connectivity index (χ3v) is 24.9. The largest absolute Gasteiger partial charge is 0.464 e. The van der Waals surface area contributed by atoms with E-state index in [4.69, 9.17) is 37.9 Å². The number of cyclic esters (lactones) is 8. The summed E-state index contributed by atoms with van der Waals surface area (Å²) in [6, 6.07) is -3.39. The molecule has 8 heterocycles. The number of esters is 8. The van der Waals surface area contributed by atoms with Gasteiger partial charge in [0.15, 0.2) is 0 Å². The van der Waals surface area contributed by atoms with Crippen molar-refractivity contribution in [2.24, 2.45) is 0 Å². The Kier molecular flexibility index (Phi) is 84.1. The van der Waals surface area contributed by atoms with Crippen LogP contribution in [0.15, 0.2) is 24.3 Å². The van der Waals surface area contributed by atoms with Crippen molar-refractivity contribution in [2.45, 2.75) is 521 Å². The molecule has 8 N–H and O–H groups in total. The lowest BCUT2D eigenvalue weighted by Gasteiger charge is -2.08. The van der Waals surface area contributed by atoms with Crippen LogP contribution >= 0.6 is 0 Å². The molecule has 8 rings (SSSR count). The van der Waals surface area contributed by atoms with Gasteiger partial charge >= 0.3 is 47.8 Å². The fourth-order valence-electron chi connectivity index (χ4n) is 16.1. The van der Waals surface area contributed by atoms with Crippen molar-refractivity contribution in [3.8, 4) is 0 Å². The number of rotatable bonds is 68. The number of amides is 8. The number of allylic oxidation sites excluding steroid dienone is 4. The van der Waals surface area contributed by atoms with Gasteiger partial charge in [-0.15, -0.1) is 0 Å². The van der Waals surface area contributed by atoms with Gasteiger partial charge < -0.3 is 80.4 Å². The first-order valence-electron chi connectivity index (χ1n) is 55.8. The van der Waals surface area contributed by atoms with Crippen molar-refractivity contribution < 1.29 is 119 Å². The molecule has 0 aromatic rings. The van der Waals surface area contributed by atoms with E-state index in [2.05, 4.69) is 115 Å². The predicted molar refractivity (Wildman–Crippen MR) is 552 cm³/mol. The summed E-state index contributed by atoms with van der Waals surface area (Å²) < 4.78 is 38.2. The number of unbranched alkanes of at least 4 members (excludes halogenated alkanes) is 38. The van der Waals surface area contributed by atoms with Crippen LogP contribution < -0.4 is 42.5 Å². The number of carbonyl (C=O) groups is 17. The first-order valence-corrected chi connectivity index (χ1v) is 55.8. The number of ketones is 1. The summed E-state index contributed by atoms with van der Waals surface area (Å²) in [7, 11) is 0. The first kappa shape index (κ1) is 132. The number of hydrogen-bond donors (Lipinski definition) is 8. The van der Waals surface area contributed by atoms with Gasteiger partial charge in [-0.05, 0) is 103 Å². The molecule has 8 atom stereocenters. The van der Waals surface area contributed by atoms with Crippen LogP contribution in [0.1, 0.15) is 473 Å². The van der Waals surface area contributed by atoms with E-state index in [9.17, 15) is 81.5 Å². The van der Waals surface area contributed by atoms with Gasteiger partial charge in [0.25, 0.3) is 0 Å². The Balaban J connectivity index is 0.000000823. The SMILES string of the molecule is CCCC(=O)NC1CCOC1=O.CCCCCC(=O)CC(=O)NC1CCOC1=O.CCCCCC(=O)NC1CCOC1=O.CCCCCC/C=C\CCCCCC(=O)NC1CCOC1=O.CCCCCC/C=C\CCCCCCCC(=O)NC1CCOC1=O.CCCCCCCC(=O)NC1CCOC1=O.CCCCCCCCCC(=O)NC1CCOC1=O.CCCCCCCCCCCC(=O)NC1CCOC1=O. The number of Topliss-reactive ketones (excluding diaryl/α,β-unsaturated/α-hetero) is 1. The van der Waals surface area contributed by atoms with Gasteiger partial charge in [-0.3, -0.25) is 43.2 Å². The molecule has 8 saturated heterocycles. The second kappa shape index (κ2) is 91.4. The molecule has 0 saturated carbocycles. The molecule has 0 aliphatic carbocycles. The smallest absolute Gasteiger partial charge is 0.328 e. The molecule has 33 nitrogen and oxygen atoms in total. The highest BCUT2D eigenvalue weighted by Crippen LogP contribution is 2.20. The van der Waals surface area contributed by atoms with Crippen LogP contribution in [-0.2, 0) is 119 Å². The summed E-state index contributed by atoms with van der Waals surface area (Å²) in [5, 5.41) is 21.5. The van der Waals surface area contributed by atoms with Crippen molar-refractivity contribution in [1.82, 2.24) is 42.5 Å². The van der Waals surface area contributed by atoms with Crippen molar-refractivity contribution in [3.63, 3.8) is 0 Å². The van der Waals surface area contributed by atoms with Gasteiger partial charge in [0, 0.05) is 103 Å². The summed E-state index contributed by atoms with van der Waals surface area (Å²) in [6.45, 7) is 20.5. The lowest BCUT2D eigenvalue weighted by atomic mass is 10.1. The van der Waals surface area contributed by atoms with Crippen molar-refractivity contribution in [3.05, 3.63) is 24.3 Å². The van der Waals surface area contributed by atoms with Crippen LogP contribution in [0.4, 0.5) is 0 Å². The highest BCUT2D eigenvalue weighted by atomic mass is 16.6. The maximum Gasteiger partial charge on any atom is 0.328 e. The Morgan fingerprint density at radius 2 is 0.336 bits per heavy atom. The molecular weight excluding hydrogens is 1830 g/mol. The maximum absolute atomic E-state index is 11.7. The van der Waals surface area contributed by atoms with E-state index in [1.54, 1.807) is 0 Å². The zero-order chi connectivity index (χ0) is 105. The van der Waals surface area contributed by atoms with Crippen LogP contribution in [0.2, 0.25) is 0 Å². The van der Waals surface area contributed by atoms with E-state index < -0.39 is 54.3 Å². The minimum Gasteiger partial charge on any atom is -0.464 e. The number of carbonyl (C=O) groups excluding carboxylic acids is 17. The van der Waals surface area contributed by atoms with Gasteiger partial charge in [-0.1, -0.05) is 285 Å². The fourth-order valence-corrected chi connectivity index (χ4v) is 16.1. The maximum atomic E-state index is 11.7. The highest BCUT2D eigenvalue weighted by Gasteiger charge is 2.34. The van der Waals surface area contributed by atoms with Gasteiger partial charge in [0.05, 0.1) is 59.3 Å². The van der Waals surface area contributed by atoms with Crippen LogP contribution in [-0.4, -0.2) is 202 Å². The molecule has 8 unspecified atom stereocenters. The molecule has 8 aliphatic rings. The molecule has 8 fully saturated rings. The first-order chi connectivity index (χ1) is 69.3. The lowest BCUT2D eigenvalue weighted by molar-refractivity contribution is -0.142. The number of hydrogen-bond acceptors (Lipinski definition) is 25. The highest BCUT2D eigenvalue weighted by molar-refractivity contribution is 5.99. The van der Waals surface area contributed by atoms with E-state index in [0.29, 0.717) is 156 Å². The molecule has 8 amide bonds. The summed E-state index contributed by atoms with van der Waals surface area (Å²) in [5.41, 5.74) is 0. The summed E-state index contributed by atoms with van der Waals surface area (Å²) >= 11 is 0. The van der Waals surface area contributed by atoms with Gasteiger partial charge in [-0.2, -0.15) is 0 Å². The molecule has 0 bridgehead atoms. The van der Waals surface area contributed by atoms with Crippen molar-refractivity contribution in [1.29, 1.82) is 0 Å². The van der Waals surface area contributed by atoms with E-state index in [1.165, 1.54) is 186 Å². The molecule has 820 valence electrons. The number of ether oxygens (including phenoxy) is 8. The summed E-state index contributed by atoms with van der Waals surface area (Å²) in [5.74, 6) is -3.14. The monoisotopic (exact) mass is 2020 g/mol. The minimum atomic E-state index is -0.564. The Morgan fingerprint density at radius 3 is 0.524 bits per heavy atom. The van der Waals surface area contributed by atoms with Gasteiger partial charge in [0.1, 0.15) is 54.1 Å². The standard InChI is InChI=1S/C20H35NO3.C18H31NO3.C16H29NO3.C14H25NO3.C12H19NO4.C12H21NO3.C10H17NO3.C8H13NO3/c1-2-3-4-5-6-7-8-9-10-11-12-13-14-15-19(22)21-18-16-17-24-20(18)23;1-2-3-4-5-6-7-8-9-10-11-12-13-17(20)19-16-14-15-22-18(16)21;1-2-3-4-5-6-7-8-9-10-11-15(18)17-14-12-13-20-16(14)19;1-2-3-4-5-6-7-8-9-13(16)15-12-10-11-18-14(12)17;1-2-3-4-5-9(14)8-11(15)13-10-6-7-17-12(10)16;1-2-3-4-5-6-7-11(14)13-10-8-9-16-12(10)15;1-2-3-4-5-9(12)11-8-6-7-14-10(8)13;1-2-3-7(10)9-6-4-5-12-8(6)11/h7-8,18H,2-6,9-17H2,1H3,(H,21,22);7-8,16H,2-6,9-15H2,1H3,(H,19,20);14H,2-13H2,1H3,(H,17,18);12H,2-11H2,1H3,(H,15,16);10H,2-8H2,1H3,(H,13,15);10H,2-9H2,1H3,(H,13,14);8H,2-7H2,1H3,(H,11,12);6H,2-5H2,1H3,(H,9,10)/b2*8-7-;;;;;;. The molecule has 0 aromatic heterocycles. The molecule has 0 radical (unpaired) electrons. The molecule has 33 heteroatoms. The predicted octanol–water partition coefficient (Wildman–Crippen LogP) is 18.4. The van der Waals surface area contributed by atoms with Crippen molar-refractivity contribution in [2.75, 3.05) is 52.9 Å². The normalized spacial score (nSPS) is 18.9. The average Bonchev–Trinajstić information content (AvgIpc) is 1.80. The third kappa shape index (κ3) is 74.2. The Bertz CT molecular complexity index is 3580. The molecule has 0 spiro atoms. The molecular formula is C110H190N8O25. The molecule has 143 heavy (non-hydrogen) atoms. The van der Waals surface area contributed by atoms with Crippen LogP contribution in [0.25, 0.3) is 0 Å². The van der Waals surface area contributed by atoms with Crippen LogP contribution in [0.3, 0.4) is 0 Å². The fraction of sp³-hybridized carbons (Fsp3) is 0.809. The lowest BCUT2D eigenvalue weighted by Crippen LogP contribution is -2.38. The van der Waals surface area contributed by atoms with E-state index >= 15 is 0 Å². The van der Waals surface area contributed by atoms with Crippen LogP contribution in [0, 0.1) is 0 Å². The molecule has 0 aromatic carbocycles. The van der Waals surface area contributed by atoms with Gasteiger partial charge in [0.2, 0.25) is 47.3 Å². The van der Waals surface area contributed by atoms with Gasteiger partial charge in [-0.25, -0.2) is 38.4 Å². The summed E-state index contributed by atoms with van der Waals surface area (Å²) in [4.78, 5) is 192. The average molecular weight is 2020 g/mol. The van der Waals surface area contributed by atoms with Crippen molar-refractivity contribution >= 4 is 101 Å². The van der Waals surface area contributed by atoms with E-state index in [1.807, 2.05) is 6.92 Å². The molecule has 8 aliphatic heterocycles. The summed E-state index contributed by atoms with van der Waals surface area (Å²) in [6.07, 6.45) is 73.8. The van der Waals surface area contributed by atoms with E-state index in [0.717, 1.165) is 122 Å². The quantitative estimate of drug-likeness (QED) is 0.00921. The Morgan fingerprint density at radius 1 is 0.189 bits per heavy atom. The second-order valence-electron chi connectivity index (χ2n) is 38.2.